The smallest absolute Gasteiger partial charge is 0.136 e. The molecule has 0 radical (unpaired) electrons. The topological polar surface area (TPSA) is 62.7 Å². The molecule has 1 aliphatic carbocycles. The molecule has 1 unspecified atom stereocenters. The van der Waals surface area contributed by atoms with Gasteiger partial charge in [0.2, 0.25) is 0 Å². The van der Waals surface area contributed by atoms with Gasteiger partial charge in [-0.3, -0.25) is 0 Å². The first-order valence-corrected chi connectivity index (χ1v) is 7.37. The summed E-state index contributed by atoms with van der Waals surface area (Å²) >= 11 is 1.65. The molecule has 1 atom stereocenters. The third-order valence-electron chi connectivity index (χ3n) is 3.13. The summed E-state index contributed by atoms with van der Waals surface area (Å²) in [6.07, 6.45) is 4.23. The van der Waals surface area contributed by atoms with Gasteiger partial charge in [-0.1, -0.05) is 0 Å². The number of rotatable bonds is 5. The molecule has 0 amide bonds. The van der Waals surface area contributed by atoms with E-state index in [4.69, 9.17) is 0 Å². The molecule has 1 aliphatic rings. The Kier molecular flexibility index (Phi) is 3.33. The van der Waals surface area contributed by atoms with Crippen molar-refractivity contribution in [2.24, 2.45) is 0 Å². The Hall–Kier alpha value is -1.69. The van der Waals surface area contributed by atoms with Crippen molar-refractivity contribution in [1.82, 2.24) is 15.0 Å². The van der Waals surface area contributed by atoms with Crippen molar-refractivity contribution in [3.63, 3.8) is 0 Å². The minimum absolute atomic E-state index is 0.159. The van der Waals surface area contributed by atoms with Gasteiger partial charge in [-0.05, 0) is 19.8 Å². The Morgan fingerprint density at radius 2 is 2.11 bits per heavy atom. The number of thiazole rings is 1. The normalized spacial score (nSPS) is 16.1. The summed E-state index contributed by atoms with van der Waals surface area (Å²) in [5.41, 5.74) is 0. The molecule has 2 N–H and O–H groups in total. The quantitative estimate of drug-likeness (QED) is 0.878. The van der Waals surface area contributed by atoms with Crippen LogP contribution in [0.2, 0.25) is 0 Å². The second-order valence-electron chi connectivity index (χ2n) is 4.76. The third kappa shape index (κ3) is 2.84. The molecule has 0 saturated heterocycles. The molecule has 0 bridgehead atoms. The Balaban J connectivity index is 1.81. The number of anilines is 2. The van der Waals surface area contributed by atoms with Crippen molar-refractivity contribution in [2.75, 3.05) is 17.7 Å². The Bertz CT molecular complexity index is 550. The number of hydrogen-bond acceptors (Lipinski definition) is 6. The van der Waals surface area contributed by atoms with Gasteiger partial charge in [0.05, 0.1) is 6.04 Å². The summed E-state index contributed by atoms with van der Waals surface area (Å²) < 4.78 is 0. The van der Waals surface area contributed by atoms with Crippen LogP contribution >= 0.6 is 11.3 Å². The molecule has 0 aromatic carbocycles. The summed E-state index contributed by atoms with van der Waals surface area (Å²) in [7, 11) is 1.88. The second kappa shape index (κ2) is 5.13. The van der Waals surface area contributed by atoms with Gasteiger partial charge < -0.3 is 10.6 Å². The SMILES string of the molecule is CNc1cc(NC(C)c2nccs2)nc(C2CC2)n1. The molecule has 1 saturated carbocycles. The number of nitrogens with one attached hydrogen (secondary N) is 2. The Morgan fingerprint density at radius 1 is 1.32 bits per heavy atom. The maximum absolute atomic E-state index is 4.61. The van der Waals surface area contributed by atoms with E-state index >= 15 is 0 Å². The molecule has 2 aromatic rings. The average Bonchev–Trinajstić information content (AvgIpc) is 3.13. The molecule has 19 heavy (non-hydrogen) atoms. The van der Waals surface area contributed by atoms with Gasteiger partial charge in [0, 0.05) is 30.6 Å². The number of nitrogens with zero attached hydrogens (tertiary/aromatic N) is 3. The van der Waals surface area contributed by atoms with Gasteiger partial charge in [0.1, 0.15) is 22.5 Å². The molecule has 2 heterocycles. The predicted octanol–water partition coefficient (Wildman–Crippen LogP) is 3.03. The Labute approximate surface area is 116 Å². The van der Waals surface area contributed by atoms with Gasteiger partial charge in [-0.15, -0.1) is 11.3 Å². The van der Waals surface area contributed by atoms with E-state index in [1.165, 1.54) is 12.8 Å². The lowest BCUT2D eigenvalue weighted by atomic mass is 10.3. The van der Waals surface area contributed by atoms with Crippen LogP contribution in [0.4, 0.5) is 11.6 Å². The van der Waals surface area contributed by atoms with Gasteiger partial charge in [-0.2, -0.15) is 0 Å². The molecule has 0 aliphatic heterocycles. The molecule has 5 nitrogen and oxygen atoms in total. The number of aromatic nitrogens is 3. The molecule has 6 heteroatoms. The van der Waals surface area contributed by atoms with E-state index < -0.39 is 0 Å². The van der Waals surface area contributed by atoms with E-state index in [1.54, 1.807) is 11.3 Å². The highest BCUT2D eigenvalue weighted by Gasteiger charge is 2.27. The second-order valence-corrected chi connectivity index (χ2v) is 5.68. The van der Waals surface area contributed by atoms with Crippen LogP contribution in [0.15, 0.2) is 17.6 Å². The summed E-state index contributed by atoms with van der Waals surface area (Å²) in [4.78, 5) is 13.4. The van der Waals surface area contributed by atoms with Crippen molar-refractivity contribution in [3.05, 3.63) is 28.5 Å². The summed E-state index contributed by atoms with van der Waals surface area (Å²) in [5, 5.41) is 9.55. The molecular weight excluding hydrogens is 258 g/mol. The van der Waals surface area contributed by atoms with Gasteiger partial charge >= 0.3 is 0 Å². The zero-order valence-corrected chi connectivity index (χ0v) is 11.9. The highest BCUT2D eigenvalue weighted by molar-refractivity contribution is 7.09. The maximum atomic E-state index is 4.61. The van der Waals surface area contributed by atoms with Crippen molar-refractivity contribution >= 4 is 23.0 Å². The molecule has 100 valence electrons. The third-order valence-corrected chi connectivity index (χ3v) is 4.09. The fourth-order valence-corrected chi connectivity index (χ4v) is 2.57. The predicted molar refractivity (Wildman–Crippen MR) is 77.7 cm³/mol. The summed E-state index contributed by atoms with van der Waals surface area (Å²) in [5.74, 6) is 3.22. The van der Waals surface area contributed by atoms with E-state index in [0.717, 1.165) is 22.5 Å². The first-order valence-electron chi connectivity index (χ1n) is 6.49. The fraction of sp³-hybridized carbons (Fsp3) is 0.462. The molecule has 0 spiro atoms. The fourth-order valence-electron chi connectivity index (χ4n) is 1.92. The molecule has 3 rings (SSSR count). The summed E-state index contributed by atoms with van der Waals surface area (Å²) in [6, 6.07) is 2.10. The Morgan fingerprint density at radius 3 is 2.74 bits per heavy atom. The van der Waals surface area contributed by atoms with Crippen LogP contribution in [0.5, 0.6) is 0 Å². The van der Waals surface area contributed by atoms with Crippen molar-refractivity contribution in [2.45, 2.75) is 31.7 Å². The van der Waals surface area contributed by atoms with Gasteiger partial charge in [0.25, 0.3) is 0 Å². The van der Waals surface area contributed by atoms with Crippen molar-refractivity contribution in [3.8, 4) is 0 Å². The summed E-state index contributed by atoms with van der Waals surface area (Å²) in [6.45, 7) is 2.09. The first-order chi connectivity index (χ1) is 9.26. The minimum Gasteiger partial charge on any atom is -0.373 e. The van der Waals surface area contributed by atoms with Crippen LogP contribution in [0.25, 0.3) is 0 Å². The largest absolute Gasteiger partial charge is 0.373 e. The zero-order valence-electron chi connectivity index (χ0n) is 11.1. The number of hydrogen-bond donors (Lipinski definition) is 2. The highest BCUT2D eigenvalue weighted by Crippen LogP contribution is 2.39. The lowest BCUT2D eigenvalue weighted by Crippen LogP contribution is -2.10. The van der Waals surface area contributed by atoms with Crippen LogP contribution in [0.3, 0.4) is 0 Å². The van der Waals surface area contributed by atoms with E-state index in [1.807, 2.05) is 24.7 Å². The van der Waals surface area contributed by atoms with Gasteiger partial charge in [0.15, 0.2) is 0 Å². The monoisotopic (exact) mass is 275 g/mol. The van der Waals surface area contributed by atoms with E-state index in [2.05, 4.69) is 32.5 Å². The van der Waals surface area contributed by atoms with Crippen LogP contribution in [0.1, 0.15) is 42.6 Å². The lowest BCUT2D eigenvalue weighted by molar-refractivity contribution is 0.845. The van der Waals surface area contributed by atoms with E-state index in [9.17, 15) is 0 Å². The van der Waals surface area contributed by atoms with Crippen LogP contribution in [-0.2, 0) is 0 Å². The zero-order chi connectivity index (χ0) is 13.2. The molecule has 2 aromatic heterocycles. The van der Waals surface area contributed by atoms with Crippen LogP contribution < -0.4 is 10.6 Å². The average molecular weight is 275 g/mol. The van der Waals surface area contributed by atoms with Crippen LogP contribution in [0, 0.1) is 0 Å². The molecular formula is C13H17N5S. The standard InChI is InChI=1S/C13H17N5S/c1-8(13-15-5-6-19-13)16-11-7-10(14-2)17-12(18-11)9-3-4-9/h5-9H,3-4H2,1-2H3,(H2,14,16,17,18). The highest BCUT2D eigenvalue weighted by atomic mass is 32.1. The molecule has 1 fully saturated rings. The van der Waals surface area contributed by atoms with E-state index in [0.29, 0.717) is 5.92 Å². The maximum Gasteiger partial charge on any atom is 0.136 e. The lowest BCUT2D eigenvalue weighted by Gasteiger charge is -2.13. The van der Waals surface area contributed by atoms with Crippen molar-refractivity contribution in [1.29, 1.82) is 0 Å². The first kappa shape index (κ1) is 12.3. The van der Waals surface area contributed by atoms with Gasteiger partial charge in [-0.25, -0.2) is 15.0 Å². The van der Waals surface area contributed by atoms with Crippen LogP contribution in [-0.4, -0.2) is 22.0 Å². The van der Waals surface area contributed by atoms with Crippen molar-refractivity contribution < 1.29 is 0 Å². The van der Waals surface area contributed by atoms with E-state index in [-0.39, 0.29) is 6.04 Å². The minimum atomic E-state index is 0.159.